The monoisotopic (exact) mass is 535 g/mol. The van der Waals surface area contributed by atoms with E-state index in [0.717, 1.165) is 64.6 Å². The topological polar surface area (TPSA) is 114 Å². The zero-order valence-corrected chi connectivity index (χ0v) is 21.9. The number of rotatable bonds is 4. The van der Waals surface area contributed by atoms with Crippen molar-refractivity contribution in [3.63, 3.8) is 0 Å². The van der Waals surface area contributed by atoms with Crippen molar-refractivity contribution in [2.24, 2.45) is 0 Å². The van der Waals surface area contributed by atoms with E-state index in [9.17, 15) is 9.18 Å². The number of hydrogen-bond donors (Lipinski definition) is 3. The second-order valence-electron chi connectivity index (χ2n) is 9.59. The van der Waals surface area contributed by atoms with Crippen LogP contribution in [0.4, 0.5) is 16.0 Å². The number of halogens is 1. The average Bonchev–Trinajstić information content (AvgIpc) is 2.96. The summed E-state index contributed by atoms with van der Waals surface area (Å²) in [6, 6.07) is 6.98. The molecule has 206 valence electrons. The van der Waals surface area contributed by atoms with Crippen molar-refractivity contribution in [1.29, 1.82) is 0 Å². The summed E-state index contributed by atoms with van der Waals surface area (Å²) in [6.07, 6.45) is 7.94. The first-order valence-electron chi connectivity index (χ1n) is 13.5. The third kappa shape index (κ3) is 7.39. The quantitative estimate of drug-likeness (QED) is 0.463. The Bertz CT molecular complexity index is 1270. The van der Waals surface area contributed by atoms with Crippen molar-refractivity contribution in [3.05, 3.63) is 54.2 Å². The molecule has 1 saturated heterocycles. The van der Waals surface area contributed by atoms with E-state index >= 15 is 0 Å². The van der Waals surface area contributed by atoms with Crippen LogP contribution in [0.15, 0.2) is 42.9 Å². The normalized spacial score (nSPS) is 16.5. The number of ether oxygens (including phenoxy) is 2. The number of hydrogen-bond acceptors (Lipinski definition) is 9. The first-order valence-corrected chi connectivity index (χ1v) is 13.5. The van der Waals surface area contributed by atoms with Gasteiger partial charge in [0.15, 0.2) is 5.82 Å². The number of anilines is 2. The molecule has 0 aliphatic carbocycles. The van der Waals surface area contributed by atoms with E-state index in [1.54, 1.807) is 36.7 Å². The highest BCUT2D eigenvalue weighted by Crippen LogP contribution is 2.28. The minimum Gasteiger partial charge on any atom is -0.493 e. The molecule has 0 saturated carbocycles. The molecular formula is C28H34FN7O3. The number of aromatic nitrogens is 3. The van der Waals surface area contributed by atoms with Gasteiger partial charge in [0.1, 0.15) is 17.2 Å². The number of pyridine rings is 1. The summed E-state index contributed by atoms with van der Waals surface area (Å²) >= 11 is 0. The number of fused-ring (bicyclic) bond motifs is 7. The Labute approximate surface area is 227 Å². The molecule has 0 atom stereocenters. The lowest BCUT2D eigenvalue weighted by Gasteiger charge is -2.27. The predicted molar refractivity (Wildman–Crippen MR) is 146 cm³/mol. The maximum absolute atomic E-state index is 14.7. The smallest absolute Gasteiger partial charge is 0.255 e. The molecule has 3 N–H and O–H groups in total. The molecule has 3 aromatic rings. The van der Waals surface area contributed by atoms with Gasteiger partial charge in [-0.25, -0.2) is 14.4 Å². The summed E-state index contributed by atoms with van der Waals surface area (Å²) < 4.78 is 26.6. The van der Waals surface area contributed by atoms with Crippen molar-refractivity contribution in [2.45, 2.75) is 25.7 Å². The van der Waals surface area contributed by atoms with Gasteiger partial charge >= 0.3 is 0 Å². The summed E-state index contributed by atoms with van der Waals surface area (Å²) in [5.41, 5.74) is 1.69. The molecular weight excluding hydrogens is 501 g/mol. The number of carbonyl (C=O) groups is 1. The predicted octanol–water partition coefficient (Wildman–Crippen LogP) is 3.39. The van der Waals surface area contributed by atoms with Gasteiger partial charge in [-0.3, -0.25) is 14.7 Å². The zero-order valence-electron chi connectivity index (χ0n) is 21.9. The van der Waals surface area contributed by atoms with Crippen molar-refractivity contribution >= 4 is 17.5 Å². The second kappa shape index (κ2) is 13.3. The molecule has 5 rings (SSSR count). The van der Waals surface area contributed by atoms with Crippen LogP contribution < -0.4 is 25.4 Å². The molecule has 0 spiro atoms. The van der Waals surface area contributed by atoms with Crippen LogP contribution in [0.1, 0.15) is 36.0 Å². The number of nitrogens with zero attached hydrogens (tertiary/aromatic N) is 4. The number of amides is 1. The van der Waals surface area contributed by atoms with Crippen molar-refractivity contribution < 1.29 is 18.7 Å². The molecule has 0 unspecified atom stereocenters. The summed E-state index contributed by atoms with van der Waals surface area (Å²) in [5, 5.41) is 9.47. The molecule has 1 amide bonds. The highest BCUT2D eigenvalue weighted by molar-refractivity contribution is 5.97. The lowest BCUT2D eigenvalue weighted by molar-refractivity contribution is 0.0943. The van der Waals surface area contributed by atoms with E-state index in [2.05, 4.69) is 35.8 Å². The largest absolute Gasteiger partial charge is 0.493 e. The van der Waals surface area contributed by atoms with Crippen LogP contribution in [-0.2, 0) is 0 Å². The Hall–Kier alpha value is -3.83. The molecule has 39 heavy (non-hydrogen) atoms. The van der Waals surface area contributed by atoms with E-state index in [4.69, 9.17) is 9.47 Å². The van der Waals surface area contributed by atoms with E-state index in [0.29, 0.717) is 48.1 Å². The highest BCUT2D eigenvalue weighted by Gasteiger charge is 2.17. The first kappa shape index (κ1) is 26.8. The molecule has 0 radical (unpaired) electrons. The summed E-state index contributed by atoms with van der Waals surface area (Å²) in [6.45, 7) is 6.27. The standard InChI is InChI=1S/C28H34FN7O3/c29-24-19-33-28-34-21-5-6-23(27(37)32-9-12-36-10-7-30-8-11-36)25(16-21)39-14-4-2-1-3-13-38-22-15-20(17-31-18-22)26(24)35-28/h5-6,15-19,30H,1-4,7-14H2,(H,32,37)(H,33,34,35). The molecule has 2 aromatic heterocycles. The molecule has 11 heteroatoms. The fourth-order valence-electron chi connectivity index (χ4n) is 4.58. The fraction of sp³-hybridized carbons (Fsp3) is 0.429. The van der Waals surface area contributed by atoms with E-state index < -0.39 is 5.82 Å². The van der Waals surface area contributed by atoms with Gasteiger partial charge in [-0.1, -0.05) is 0 Å². The minimum absolute atomic E-state index is 0.114. The Kier molecular flexibility index (Phi) is 9.13. The van der Waals surface area contributed by atoms with Crippen molar-refractivity contribution in [1.82, 2.24) is 30.5 Å². The van der Waals surface area contributed by atoms with Crippen molar-refractivity contribution in [3.8, 4) is 22.8 Å². The Morgan fingerprint density at radius 1 is 1.03 bits per heavy atom. The van der Waals surface area contributed by atoms with E-state index in [-0.39, 0.29) is 17.5 Å². The SMILES string of the molecule is O=C(NCCN1CCNCC1)c1ccc2cc1OCCCCCCOc1cncc(c1)-c1nc(ncc1F)N2. The Balaban J connectivity index is 1.36. The van der Waals surface area contributed by atoms with Crippen LogP contribution >= 0.6 is 0 Å². The molecule has 2 aliphatic rings. The molecule has 10 nitrogen and oxygen atoms in total. The second-order valence-corrected chi connectivity index (χ2v) is 9.59. The van der Waals surface area contributed by atoms with Crippen LogP contribution in [0.5, 0.6) is 11.5 Å². The van der Waals surface area contributed by atoms with Gasteiger partial charge in [0, 0.05) is 62.8 Å². The number of carbonyl (C=O) groups excluding carboxylic acids is 1. The molecule has 4 heterocycles. The summed E-state index contributed by atoms with van der Waals surface area (Å²) in [7, 11) is 0. The van der Waals surface area contributed by atoms with Gasteiger partial charge in [-0.15, -0.1) is 0 Å². The highest BCUT2D eigenvalue weighted by atomic mass is 19.1. The maximum atomic E-state index is 14.7. The van der Waals surface area contributed by atoms with Gasteiger partial charge in [-0.2, -0.15) is 0 Å². The Morgan fingerprint density at radius 3 is 2.69 bits per heavy atom. The van der Waals surface area contributed by atoms with Crippen LogP contribution in [0.2, 0.25) is 0 Å². The van der Waals surface area contributed by atoms with E-state index in [1.807, 2.05) is 0 Å². The zero-order chi connectivity index (χ0) is 26.9. The minimum atomic E-state index is -0.564. The molecule has 1 aromatic carbocycles. The lowest BCUT2D eigenvalue weighted by atomic mass is 10.1. The van der Waals surface area contributed by atoms with E-state index in [1.165, 1.54) is 0 Å². The van der Waals surface area contributed by atoms with Gasteiger partial charge in [0.2, 0.25) is 5.95 Å². The van der Waals surface area contributed by atoms with Crippen LogP contribution in [0, 0.1) is 5.82 Å². The lowest BCUT2D eigenvalue weighted by Crippen LogP contribution is -2.46. The van der Waals surface area contributed by atoms with Gasteiger partial charge in [0.05, 0.1) is 31.2 Å². The summed E-state index contributed by atoms with van der Waals surface area (Å²) in [4.78, 5) is 28.1. The number of nitrogens with one attached hydrogen (secondary N) is 3. The molecule has 2 aliphatic heterocycles. The van der Waals surface area contributed by atoms with Crippen LogP contribution in [-0.4, -0.2) is 78.2 Å². The third-order valence-electron chi connectivity index (χ3n) is 6.70. The Morgan fingerprint density at radius 2 is 1.85 bits per heavy atom. The van der Waals surface area contributed by atoms with Crippen LogP contribution in [0.3, 0.4) is 0 Å². The number of benzene rings is 1. The summed E-state index contributed by atoms with van der Waals surface area (Å²) in [5.74, 6) is 0.502. The van der Waals surface area contributed by atoms with Gasteiger partial charge in [0.25, 0.3) is 5.91 Å². The van der Waals surface area contributed by atoms with Crippen LogP contribution in [0.25, 0.3) is 11.3 Å². The first-order chi connectivity index (χ1) is 19.2. The van der Waals surface area contributed by atoms with Gasteiger partial charge in [-0.05, 0) is 43.9 Å². The fourth-order valence-corrected chi connectivity index (χ4v) is 4.58. The van der Waals surface area contributed by atoms with Gasteiger partial charge < -0.3 is 25.4 Å². The average molecular weight is 536 g/mol. The van der Waals surface area contributed by atoms with Crippen molar-refractivity contribution in [2.75, 3.05) is 57.8 Å². The third-order valence-corrected chi connectivity index (χ3v) is 6.70. The maximum Gasteiger partial charge on any atom is 0.255 e. The number of piperazine rings is 1. The molecule has 6 bridgehead atoms. The molecule has 1 fully saturated rings.